The van der Waals surface area contributed by atoms with Gasteiger partial charge in [0, 0.05) is 88.6 Å². The molecule has 0 saturated carbocycles. The first-order valence-corrected chi connectivity index (χ1v) is 8.89. The van der Waals surface area contributed by atoms with Gasteiger partial charge in [0.05, 0.1) is 5.69 Å². The number of hydrogen-bond acceptors (Lipinski definition) is 5. The molecule has 2 aromatic rings. The van der Waals surface area contributed by atoms with E-state index in [0.29, 0.717) is 6.04 Å². The lowest BCUT2D eigenvalue weighted by atomic mass is 10.1. The van der Waals surface area contributed by atoms with Gasteiger partial charge in [0.25, 0.3) is 0 Å². The standard InChI is InChI=1S/C18H26N6/c1-22-12-16(18(21-22)15-2-5-19-6-3-15)13-23-9-4-17(14-23)24-10-7-20-8-11-24/h2-3,5-6,12,17,20H,4,7-11,13-14H2,1H3. The number of pyridine rings is 1. The van der Waals surface area contributed by atoms with Gasteiger partial charge < -0.3 is 5.32 Å². The Hall–Kier alpha value is -1.76. The smallest absolute Gasteiger partial charge is 0.0969 e. The molecule has 1 N–H and O–H groups in total. The zero-order valence-corrected chi connectivity index (χ0v) is 14.4. The number of hydrogen-bond donors (Lipinski definition) is 1. The SMILES string of the molecule is Cn1cc(CN2CCC(N3CCNCC3)C2)c(-c2ccncc2)n1. The van der Waals surface area contributed by atoms with Crippen molar-refractivity contribution >= 4 is 0 Å². The molecule has 4 rings (SSSR count). The van der Waals surface area contributed by atoms with Crippen LogP contribution in [0.2, 0.25) is 0 Å². The Bertz CT molecular complexity index is 661. The van der Waals surface area contributed by atoms with Gasteiger partial charge in [0.1, 0.15) is 0 Å². The molecule has 0 aromatic carbocycles. The van der Waals surface area contributed by atoms with E-state index in [9.17, 15) is 0 Å². The Morgan fingerprint density at radius 2 is 1.96 bits per heavy atom. The molecule has 4 heterocycles. The minimum absolute atomic E-state index is 0.716. The molecule has 6 heteroatoms. The maximum atomic E-state index is 4.68. The maximum Gasteiger partial charge on any atom is 0.0969 e. The first-order valence-electron chi connectivity index (χ1n) is 8.89. The zero-order chi connectivity index (χ0) is 16.4. The topological polar surface area (TPSA) is 49.2 Å². The highest BCUT2D eigenvalue weighted by Crippen LogP contribution is 2.25. The Morgan fingerprint density at radius 1 is 1.17 bits per heavy atom. The van der Waals surface area contributed by atoms with Crippen molar-refractivity contribution < 1.29 is 0 Å². The second kappa shape index (κ2) is 7.01. The van der Waals surface area contributed by atoms with Crippen molar-refractivity contribution in [1.82, 2.24) is 29.9 Å². The van der Waals surface area contributed by atoms with Crippen molar-refractivity contribution in [3.05, 3.63) is 36.3 Å². The molecule has 1 unspecified atom stereocenters. The Morgan fingerprint density at radius 3 is 2.75 bits per heavy atom. The van der Waals surface area contributed by atoms with Crippen LogP contribution in [0, 0.1) is 0 Å². The normalized spacial score (nSPS) is 23.0. The summed E-state index contributed by atoms with van der Waals surface area (Å²) in [5.74, 6) is 0. The molecule has 2 aromatic heterocycles. The highest BCUT2D eigenvalue weighted by Gasteiger charge is 2.29. The van der Waals surface area contributed by atoms with Gasteiger partial charge in [-0.05, 0) is 18.6 Å². The van der Waals surface area contributed by atoms with E-state index in [2.05, 4.69) is 31.4 Å². The van der Waals surface area contributed by atoms with Gasteiger partial charge in [-0.2, -0.15) is 5.10 Å². The lowest BCUT2D eigenvalue weighted by Crippen LogP contribution is -2.49. The molecule has 0 bridgehead atoms. The minimum atomic E-state index is 0.716. The summed E-state index contributed by atoms with van der Waals surface area (Å²) in [7, 11) is 2.00. The van der Waals surface area contributed by atoms with E-state index < -0.39 is 0 Å². The van der Waals surface area contributed by atoms with Crippen molar-refractivity contribution in [2.75, 3.05) is 39.3 Å². The molecular formula is C18H26N6. The molecule has 2 aliphatic rings. The number of rotatable bonds is 4. The lowest BCUT2D eigenvalue weighted by molar-refractivity contribution is 0.170. The lowest BCUT2D eigenvalue weighted by Gasteiger charge is -2.32. The summed E-state index contributed by atoms with van der Waals surface area (Å²) < 4.78 is 1.93. The third-order valence-electron chi connectivity index (χ3n) is 5.17. The fourth-order valence-electron chi connectivity index (χ4n) is 3.95. The van der Waals surface area contributed by atoms with Crippen molar-refractivity contribution in [1.29, 1.82) is 0 Å². The molecule has 2 fully saturated rings. The summed E-state index contributed by atoms with van der Waals surface area (Å²) in [6, 6.07) is 4.80. The van der Waals surface area contributed by atoms with Crippen LogP contribution in [0.5, 0.6) is 0 Å². The molecular weight excluding hydrogens is 300 g/mol. The van der Waals surface area contributed by atoms with Crippen LogP contribution >= 0.6 is 0 Å². The quantitative estimate of drug-likeness (QED) is 0.907. The molecule has 128 valence electrons. The summed E-state index contributed by atoms with van der Waals surface area (Å²) in [6.45, 7) is 7.97. The van der Waals surface area contributed by atoms with Crippen molar-refractivity contribution in [2.45, 2.75) is 19.0 Å². The highest BCUT2D eigenvalue weighted by atomic mass is 15.3. The van der Waals surface area contributed by atoms with Crippen LogP contribution in [0.25, 0.3) is 11.3 Å². The van der Waals surface area contributed by atoms with E-state index in [1.165, 1.54) is 38.2 Å². The first kappa shape index (κ1) is 15.7. The van der Waals surface area contributed by atoms with Crippen LogP contribution in [0.1, 0.15) is 12.0 Å². The molecule has 6 nitrogen and oxygen atoms in total. The van der Waals surface area contributed by atoms with Crippen LogP contribution in [0.4, 0.5) is 0 Å². The predicted molar refractivity (Wildman–Crippen MR) is 94.6 cm³/mol. The monoisotopic (exact) mass is 326 g/mol. The summed E-state index contributed by atoms with van der Waals surface area (Å²) >= 11 is 0. The van der Waals surface area contributed by atoms with Crippen LogP contribution in [0.3, 0.4) is 0 Å². The van der Waals surface area contributed by atoms with Gasteiger partial charge in [0.15, 0.2) is 0 Å². The van der Waals surface area contributed by atoms with Gasteiger partial charge in [-0.3, -0.25) is 19.5 Å². The second-order valence-corrected chi connectivity index (χ2v) is 6.88. The zero-order valence-electron chi connectivity index (χ0n) is 14.4. The molecule has 24 heavy (non-hydrogen) atoms. The summed E-state index contributed by atoms with van der Waals surface area (Å²) in [6.07, 6.45) is 7.12. The second-order valence-electron chi connectivity index (χ2n) is 6.88. The van der Waals surface area contributed by atoms with Crippen LogP contribution in [-0.2, 0) is 13.6 Å². The van der Waals surface area contributed by atoms with Gasteiger partial charge >= 0.3 is 0 Å². The van der Waals surface area contributed by atoms with Gasteiger partial charge in [-0.1, -0.05) is 0 Å². The molecule has 1 atom stereocenters. The van der Waals surface area contributed by atoms with E-state index in [0.717, 1.165) is 30.9 Å². The van der Waals surface area contributed by atoms with Crippen LogP contribution in [0.15, 0.2) is 30.7 Å². The fraction of sp³-hybridized carbons (Fsp3) is 0.556. The molecule has 0 radical (unpaired) electrons. The first-order chi connectivity index (χ1) is 11.8. The maximum absolute atomic E-state index is 4.68. The number of nitrogens with one attached hydrogen (secondary N) is 1. The average Bonchev–Trinajstić information content (AvgIpc) is 3.23. The summed E-state index contributed by atoms with van der Waals surface area (Å²) in [4.78, 5) is 9.35. The van der Waals surface area contributed by atoms with Crippen LogP contribution < -0.4 is 5.32 Å². The highest BCUT2D eigenvalue weighted by molar-refractivity contribution is 5.61. The van der Waals surface area contributed by atoms with Gasteiger partial charge in [-0.25, -0.2) is 0 Å². The van der Waals surface area contributed by atoms with Crippen LogP contribution in [-0.4, -0.2) is 69.9 Å². The number of likely N-dealkylation sites (tertiary alicyclic amines) is 1. The molecule has 0 aliphatic carbocycles. The Kier molecular flexibility index (Phi) is 4.60. The van der Waals surface area contributed by atoms with E-state index in [-0.39, 0.29) is 0 Å². The van der Waals surface area contributed by atoms with Gasteiger partial charge in [-0.15, -0.1) is 0 Å². The third kappa shape index (κ3) is 3.36. The van der Waals surface area contributed by atoms with E-state index >= 15 is 0 Å². The molecule has 0 amide bonds. The minimum Gasteiger partial charge on any atom is -0.314 e. The fourth-order valence-corrected chi connectivity index (χ4v) is 3.95. The van der Waals surface area contributed by atoms with E-state index in [4.69, 9.17) is 0 Å². The molecule has 2 saturated heterocycles. The number of piperazine rings is 1. The summed E-state index contributed by atoms with van der Waals surface area (Å²) in [5.41, 5.74) is 3.55. The summed E-state index contributed by atoms with van der Waals surface area (Å²) in [5, 5.41) is 8.12. The van der Waals surface area contributed by atoms with E-state index in [1.807, 2.05) is 36.3 Å². The number of aryl methyl sites for hydroxylation is 1. The number of aromatic nitrogens is 3. The van der Waals surface area contributed by atoms with Crippen molar-refractivity contribution in [3.8, 4) is 11.3 Å². The molecule has 0 spiro atoms. The Labute approximate surface area is 143 Å². The third-order valence-corrected chi connectivity index (χ3v) is 5.17. The Balaban J connectivity index is 1.45. The predicted octanol–water partition coefficient (Wildman–Crippen LogP) is 0.962. The van der Waals surface area contributed by atoms with Crippen molar-refractivity contribution in [3.63, 3.8) is 0 Å². The van der Waals surface area contributed by atoms with Crippen molar-refractivity contribution in [2.24, 2.45) is 7.05 Å². The number of nitrogens with zero attached hydrogens (tertiary/aromatic N) is 5. The van der Waals surface area contributed by atoms with Gasteiger partial charge in [0.2, 0.25) is 0 Å². The average molecular weight is 326 g/mol. The largest absolute Gasteiger partial charge is 0.314 e. The molecule has 2 aliphatic heterocycles. The van der Waals surface area contributed by atoms with E-state index in [1.54, 1.807) is 0 Å².